The maximum absolute atomic E-state index is 14.6. The quantitative estimate of drug-likeness (QED) is 0.688. The van der Waals surface area contributed by atoms with Crippen molar-refractivity contribution in [3.05, 3.63) is 65.2 Å². The molecule has 0 N–H and O–H groups in total. The Balaban J connectivity index is 1.52. The van der Waals surface area contributed by atoms with Gasteiger partial charge in [0.05, 0.1) is 12.6 Å². The highest BCUT2D eigenvalue weighted by atomic mass is 19.1. The first kappa shape index (κ1) is 22.6. The maximum Gasteiger partial charge on any atom is 0.254 e. The topological polar surface area (TPSA) is 73.6 Å². The molecule has 6 nitrogen and oxygen atoms in total. The number of benzene rings is 2. The van der Waals surface area contributed by atoms with Crippen molar-refractivity contribution >= 4 is 11.8 Å². The molecule has 33 heavy (non-hydrogen) atoms. The Bertz CT molecular complexity index is 1070. The molecule has 0 aliphatic carbocycles. The SMILES string of the molecule is N#C[C@H]1CCCN1C(=O)[C@H]1C[C@H](F)CN1C(=O)c1cc(F)c(OCc2ccccc2)c(F)c1. The molecule has 2 fully saturated rings. The van der Waals surface area contributed by atoms with Crippen LogP contribution in [0.3, 0.4) is 0 Å². The van der Waals surface area contributed by atoms with Crippen molar-refractivity contribution in [3.63, 3.8) is 0 Å². The Hall–Kier alpha value is -3.54. The normalized spacial score (nSPS) is 22.3. The van der Waals surface area contributed by atoms with E-state index in [4.69, 9.17) is 4.74 Å². The average molecular weight is 457 g/mol. The number of alkyl halides is 1. The number of carbonyl (C=O) groups excluding carboxylic acids is 2. The first-order valence-electron chi connectivity index (χ1n) is 10.7. The van der Waals surface area contributed by atoms with Crippen LogP contribution < -0.4 is 4.74 Å². The summed E-state index contributed by atoms with van der Waals surface area (Å²) in [6.45, 7) is -0.0802. The van der Waals surface area contributed by atoms with Gasteiger partial charge in [0, 0.05) is 18.5 Å². The summed E-state index contributed by atoms with van der Waals surface area (Å²) in [5.41, 5.74) is 0.365. The van der Waals surface area contributed by atoms with E-state index in [0.717, 1.165) is 17.0 Å². The Morgan fingerprint density at radius 2 is 1.82 bits per heavy atom. The summed E-state index contributed by atoms with van der Waals surface area (Å²) in [5, 5.41) is 9.24. The number of nitriles is 1. The zero-order chi connectivity index (χ0) is 23.5. The van der Waals surface area contributed by atoms with Gasteiger partial charge in [-0.15, -0.1) is 0 Å². The summed E-state index contributed by atoms with van der Waals surface area (Å²) in [7, 11) is 0. The molecule has 2 saturated heterocycles. The molecule has 2 aromatic carbocycles. The first-order valence-corrected chi connectivity index (χ1v) is 10.7. The van der Waals surface area contributed by atoms with Crippen molar-refractivity contribution in [3.8, 4) is 11.8 Å². The summed E-state index contributed by atoms with van der Waals surface area (Å²) >= 11 is 0. The molecule has 2 aromatic rings. The predicted molar refractivity (Wildman–Crippen MR) is 112 cm³/mol. The summed E-state index contributed by atoms with van der Waals surface area (Å²) in [6, 6.07) is 10.8. The van der Waals surface area contributed by atoms with Crippen LogP contribution in [0, 0.1) is 23.0 Å². The van der Waals surface area contributed by atoms with Crippen molar-refractivity contribution in [1.29, 1.82) is 5.26 Å². The van der Waals surface area contributed by atoms with E-state index < -0.39 is 47.5 Å². The molecule has 0 aromatic heterocycles. The average Bonchev–Trinajstić information content (AvgIpc) is 3.44. The van der Waals surface area contributed by atoms with Crippen molar-refractivity contribution in [2.45, 2.75) is 44.1 Å². The number of ether oxygens (including phenoxy) is 1. The van der Waals surface area contributed by atoms with Crippen molar-refractivity contribution in [1.82, 2.24) is 9.80 Å². The van der Waals surface area contributed by atoms with Crippen LogP contribution in [0.5, 0.6) is 5.75 Å². The van der Waals surface area contributed by atoms with Crippen LogP contribution >= 0.6 is 0 Å². The van der Waals surface area contributed by atoms with Gasteiger partial charge < -0.3 is 14.5 Å². The van der Waals surface area contributed by atoms with Crippen LogP contribution in [0.1, 0.15) is 35.2 Å². The molecule has 172 valence electrons. The molecule has 0 spiro atoms. The standard InChI is InChI=1S/C24H22F3N3O3/c25-17-11-21(24(32)29-8-4-7-18(29)12-28)30(13-17)23(31)16-9-19(26)22(20(27)10-16)33-14-15-5-2-1-3-6-15/h1-3,5-6,9-10,17-18,21H,4,7-8,11,13-14H2/t17-,18+,21+/m0/s1. The smallest absolute Gasteiger partial charge is 0.254 e. The molecule has 2 amide bonds. The highest BCUT2D eigenvalue weighted by Crippen LogP contribution is 2.30. The molecule has 0 bridgehead atoms. The van der Waals surface area contributed by atoms with Crippen LogP contribution in [0.25, 0.3) is 0 Å². The van der Waals surface area contributed by atoms with E-state index in [1.807, 2.05) is 6.07 Å². The minimum Gasteiger partial charge on any atom is -0.483 e. The Morgan fingerprint density at radius 1 is 1.12 bits per heavy atom. The monoisotopic (exact) mass is 457 g/mol. The predicted octanol–water partition coefficient (Wildman–Crippen LogP) is 3.61. The fourth-order valence-corrected chi connectivity index (χ4v) is 4.32. The van der Waals surface area contributed by atoms with E-state index in [2.05, 4.69) is 0 Å². The Labute approximate surface area is 189 Å². The maximum atomic E-state index is 14.6. The summed E-state index contributed by atoms with van der Waals surface area (Å²) < 4.78 is 48.7. The number of carbonyl (C=O) groups is 2. The second kappa shape index (κ2) is 9.53. The van der Waals surface area contributed by atoms with Crippen LogP contribution in [-0.4, -0.2) is 53.0 Å². The van der Waals surface area contributed by atoms with Gasteiger partial charge in [0.15, 0.2) is 17.4 Å². The van der Waals surface area contributed by atoms with Crippen LogP contribution in [0.4, 0.5) is 13.2 Å². The lowest BCUT2D eigenvalue weighted by Gasteiger charge is -2.29. The van der Waals surface area contributed by atoms with Crippen LogP contribution in [-0.2, 0) is 11.4 Å². The van der Waals surface area contributed by atoms with Gasteiger partial charge >= 0.3 is 0 Å². The van der Waals surface area contributed by atoms with Crippen molar-refractivity contribution in [2.24, 2.45) is 0 Å². The van der Waals surface area contributed by atoms with Crippen LogP contribution in [0.2, 0.25) is 0 Å². The summed E-state index contributed by atoms with van der Waals surface area (Å²) in [6.07, 6.45) is -0.509. The van der Waals surface area contributed by atoms with Gasteiger partial charge in [0.2, 0.25) is 5.91 Å². The van der Waals surface area contributed by atoms with E-state index in [9.17, 15) is 28.0 Å². The zero-order valence-corrected chi connectivity index (χ0v) is 17.7. The minimum atomic E-state index is -1.45. The number of amides is 2. The molecule has 2 aliphatic rings. The minimum absolute atomic E-state index is 0.0654. The van der Waals surface area contributed by atoms with E-state index in [1.165, 1.54) is 4.90 Å². The summed E-state index contributed by atoms with van der Waals surface area (Å²) in [4.78, 5) is 28.3. The Morgan fingerprint density at radius 3 is 2.48 bits per heavy atom. The van der Waals surface area contributed by atoms with E-state index in [1.54, 1.807) is 30.3 Å². The van der Waals surface area contributed by atoms with Crippen molar-refractivity contribution < 1.29 is 27.5 Å². The summed E-state index contributed by atoms with van der Waals surface area (Å²) in [5.74, 6) is -4.14. The molecule has 0 radical (unpaired) electrons. The third-order valence-electron chi connectivity index (χ3n) is 5.95. The lowest BCUT2D eigenvalue weighted by atomic mass is 10.1. The van der Waals surface area contributed by atoms with Gasteiger partial charge in [0.25, 0.3) is 5.91 Å². The number of nitrogens with zero attached hydrogens (tertiary/aromatic N) is 3. The lowest BCUT2D eigenvalue weighted by molar-refractivity contribution is -0.135. The molecule has 0 unspecified atom stereocenters. The third kappa shape index (κ3) is 4.65. The highest BCUT2D eigenvalue weighted by molar-refractivity contribution is 5.98. The molecular weight excluding hydrogens is 435 g/mol. The van der Waals surface area contributed by atoms with Gasteiger partial charge in [-0.2, -0.15) is 5.26 Å². The molecule has 9 heteroatoms. The lowest BCUT2D eigenvalue weighted by Crippen LogP contribution is -2.49. The van der Waals surface area contributed by atoms with Gasteiger partial charge in [-0.3, -0.25) is 9.59 Å². The van der Waals surface area contributed by atoms with Crippen LogP contribution in [0.15, 0.2) is 42.5 Å². The zero-order valence-electron chi connectivity index (χ0n) is 17.7. The molecule has 3 atom stereocenters. The number of halogens is 3. The van der Waals surface area contributed by atoms with E-state index in [-0.39, 0.29) is 25.1 Å². The fourth-order valence-electron chi connectivity index (χ4n) is 4.32. The first-order chi connectivity index (χ1) is 15.9. The second-order valence-corrected chi connectivity index (χ2v) is 8.17. The number of likely N-dealkylation sites (tertiary alicyclic amines) is 2. The van der Waals surface area contributed by atoms with Gasteiger partial charge in [-0.25, -0.2) is 13.2 Å². The van der Waals surface area contributed by atoms with E-state index in [0.29, 0.717) is 24.9 Å². The van der Waals surface area contributed by atoms with E-state index >= 15 is 0 Å². The van der Waals surface area contributed by atoms with Gasteiger partial charge in [-0.1, -0.05) is 30.3 Å². The number of hydrogen-bond acceptors (Lipinski definition) is 4. The highest BCUT2D eigenvalue weighted by Gasteiger charge is 2.44. The van der Waals surface area contributed by atoms with Gasteiger partial charge in [-0.05, 0) is 30.5 Å². The molecule has 4 rings (SSSR count). The largest absolute Gasteiger partial charge is 0.483 e. The second-order valence-electron chi connectivity index (χ2n) is 8.17. The van der Waals surface area contributed by atoms with Gasteiger partial charge in [0.1, 0.15) is 24.9 Å². The number of rotatable bonds is 5. The molecule has 0 saturated carbocycles. The Kier molecular flexibility index (Phi) is 6.54. The molecule has 2 heterocycles. The fraction of sp³-hybridized carbons (Fsp3) is 0.375. The third-order valence-corrected chi connectivity index (χ3v) is 5.95. The number of hydrogen-bond donors (Lipinski definition) is 0. The molecular formula is C24H22F3N3O3. The molecule has 2 aliphatic heterocycles. The van der Waals surface area contributed by atoms with Crippen molar-refractivity contribution in [2.75, 3.05) is 13.1 Å².